The Morgan fingerprint density at radius 1 is 1.26 bits per heavy atom. The van der Waals surface area contributed by atoms with E-state index in [2.05, 4.69) is 15.0 Å². The van der Waals surface area contributed by atoms with Crippen LogP contribution in [-0.2, 0) is 0 Å². The van der Waals surface area contributed by atoms with E-state index in [-0.39, 0.29) is 6.61 Å². The van der Waals surface area contributed by atoms with Gasteiger partial charge in [-0.3, -0.25) is 0 Å². The summed E-state index contributed by atoms with van der Waals surface area (Å²) in [5, 5.41) is 13.7. The zero-order valence-electron chi connectivity index (χ0n) is 13.1. The number of aliphatic hydroxyl groups excluding tert-OH is 1. The molecule has 0 amide bonds. The van der Waals surface area contributed by atoms with Gasteiger partial charge >= 0.3 is 0 Å². The van der Waals surface area contributed by atoms with Gasteiger partial charge in [-0.1, -0.05) is 16.8 Å². The smallest absolute Gasteiger partial charge is 0.231 e. The van der Waals surface area contributed by atoms with Crippen molar-refractivity contribution in [2.24, 2.45) is 0 Å². The third-order valence-electron chi connectivity index (χ3n) is 4.28. The molecule has 1 aromatic carbocycles. The lowest BCUT2D eigenvalue weighted by Crippen LogP contribution is -2.35. The van der Waals surface area contributed by atoms with Gasteiger partial charge in [-0.15, -0.1) is 0 Å². The van der Waals surface area contributed by atoms with Crippen LogP contribution in [0.4, 0.5) is 0 Å². The maximum atomic E-state index is 8.89. The van der Waals surface area contributed by atoms with Gasteiger partial charge in [0.15, 0.2) is 0 Å². The maximum Gasteiger partial charge on any atom is 0.231 e. The highest BCUT2D eigenvalue weighted by Gasteiger charge is 2.25. The van der Waals surface area contributed by atoms with Crippen LogP contribution in [0.2, 0.25) is 5.02 Å². The molecule has 0 spiro atoms. The number of aliphatic hydroxyl groups is 1. The lowest BCUT2D eigenvalue weighted by Gasteiger charge is -2.30. The van der Waals surface area contributed by atoms with Gasteiger partial charge in [0.05, 0.1) is 5.92 Å². The predicted octanol–water partition coefficient (Wildman–Crippen LogP) is 3.34. The number of rotatable bonds is 6. The normalized spacial score (nSPS) is 19.1. The van der Waals surface area contributed by atoms with Crippen molar-refractivity contribution in [1.29, 1.82) is 0 Å². The van der Waals surface area contributed by atoms with E-state index in [9.17, 15) is 0 Å². The van der Waals surface area contributed by atoms with Gasteiger partial charge in [-0.05, 0) is 63.0 Å². The number of hydrogen-bond acceptors (Lipinski definition) is 5. The monoisotopic (exact) mass is 335 g/mol. The molecule has 2 aromatic rings. The number of halogens is 1. The summed E-state index contributed by atoms with van der Waals surface area (Å²) in [7, 11) is 0. The molecule has 1 fully saturated rings. The maximum absolute atomic E-state index is 8.89. The first kappa shape index (κ1) is 16.4. The van der Waals surface area contributed by atoms with E-state index in [1.807, 2.05) is 24.3 Å². The molecule has 0 radical (unpaired) electrons. The second kappa shape index (κ2) is 7.90. The molecule has 1 aliphatic heterocycles. The van der Waals surface area contributed by atoms with Crippen LogP contribution >= 0.6 is 11.6 Å². The quantitative estimate of drug-likeness (QED) is 0.820. The highest BCUT2D eigenvalue weighted by molar-refractivity contribution is 6.30. The van der Waals surface area contributed by atoms with E-state index in [1.54, 1.807) is 0 Å². The number of piperidine rings is 1. The van der Waals surface area contributed by atoms with Crippen molar-refractivity contribution in [2.75, 3.05) is 26.2 Å². The molecule has 5 nitrogen and oxygen atoms in total. The minimum absolute atomic E-state index is 0.269. The zero-order chi connectivity index (χ0) is 16.1. The third kappa shape index (κ3) is 4.31. The minimum atomic E-state index is 0.269. The van der Waals surface area contributed by atoms with E-state index >= 15 is 0 Å². The predicted molar refractivity (Wildman–Crippen MR) is 89.5 cm³/mol. The second-order valence-corrected chi connectivity index (χ2v) is 6.47. The average molecular weight is 336 g/mol. The summed E-state index contributed by atoms with van der Waals surface area (Å²) >= 11 is 5.91. The van der Waals surface area contributed by atoms with Crippen LogP contribution in [0.25, 0.3) is 11.4 Å². The highest BCUT2D eigenvalue weighted by atomic mass is 35.5. The molecular weight excluding hydrogens is 314 g/mol. The molecule has 124 valence electrons. The van der Waals surface area contributed by atoms with Gasteiger partial charge in [0.25, 0.3) is 0 Å². The van der Waals surface area contributed by atoms with Crippen molar-refractivity contribution in [1.82, 2.24) is 15.0 Å². The standard InChI is InChI=1S/C17H22ClN3O2/c18-15-7-5-13(6-8-15)16-19-17(23-20-16)14-4-3-10-21(12-14)9-1-2-11-22/h5-8,14,22H,1-4,9-12H2. The molecule has 1 unspecified atom stereocenters. The summed E-state index contributed by atoms with van der Waals surface area (Å²) in [5.74, 6) is 1.64. The molecule has 3 rings (SSSR count). The third-order valence-corrected chi connectivity index (χ3v) is 4.53. The van der Waals surface area contributed by atoms with Gasteiger partial charge in [0.1, 0.15) is 0 Å². The topological polar surface area (TPSA) is 62.4 Å². The lowest BCUT2D eigenvalue weighted by molar-refractivity contribution is 0.178. The van der Waals surface area contributed by atoms with E-state index in [1.165, 1.54) is 0 Å². The van der Waals surface area contributed by atoms with E-state index in [0.29, 0.717) is 16.8 Å². The Hall–Kier alpha value is -1.43. The van der Waals surface area contributed by atoms with Crippen molar-refractivity contribution in [3.63, 3.8) is 0 Å². The van der Waals surface area contributed by atoms with Gasteiger partial charge in [-0.25, -0.2) is 0 Å². The summed E-state index contributed by atoms with van der Waals surface area (Å²) in [6.45, 7) is 3.36. The Balaban J connectivity index is 1.64. The molecule has 1 atom stereocenters. The van der Waals surface area contributed by atoms with Crippen LogP contribution in [-0.4, -0.2) is 46.4 Å². The van der Waals surface area contributed by atoms with Crippen LogP contribution in [0.3, 0.4) is 0 Å². The first-order chi connectivity index (χ1) is 11.3. The van der Waals surface area contributed by atoms with Crippen molar-refractivity contribution < 1.29 is 9.63 Å². The van der Waals surface area contributed by atoms with Crippen molar-refractivity contribution in [3.05, 3.63) is 35.2 Å². The van der Waals surface area contributed by atoms with Crippen molar-refractivity contribution in [2.45, 2.75) is 31.6 Å². The number of likely N-dealkylation sites (tertiary alicyclic amines) is 1. The van der Waals surface area contributed by atoms with Crippen LogP contribution in [0.5, 0.6) is 0 Å². The van der Waals surface area contributed by atoms with Gasteiger partial charge in [0, 0.05) is 23.7 Å². The SMILES string of the molecule is OCCCCN1CCCC(c2nc(-c3ccc(Cl)cc3)no2)C1. The summed E-state index contributed by atoms with van der Waals surface area (Å²) in [5.41, 5.74) is 0.917. The Labute approximate surface area is 141 Å². The number of benzene rings is 1. The number of hydrogen-bond donors (Lipinski definition) is 1. The van der Waals surface area contributed by atoms with Gasteiger partial charge in [0.2, 0.25) is 11.7 Å². The Morgan fingerprint density at radius 3 is 2.87 bits per heavy atom. The Bertz CT molecular complexity index is 615. The summed E-state index contributed by atoms with van der Waals surface area (Å²) in [6, 6.07) is 7.46. The summed E-state index contributed by atoms with van der Waals surface area (Å²) < 4.78 is 5.50. The van der Waals surface area contributed by atoms with E-state index in [0.717, 1.165) is 56.8 Å². The lowest BCUT2D eigenvalue weighted by atomic mass is 9.97. The van der Waals surface area contributed by atoms with Crippen LogP contribution < -0.4 is 0 Å². The van der Waals surface area contributed by atoms with Crippen molar-refractivity contribution >= 4 is 11.6 Å². The number of aromatic nitrogens is 2. The Morgan fingerprint density at radius 2 is 2.09 bits per heavy atom. The van der Waals surface area contributed by atoms with E-state index < -0.39 is 0 Å². The Kier molecular flexibility index (Phi) is 5.65. The fourth-order valence-corrected chi connectivity index (χ4v) is 3.15. The molecule has 1 saturated heterocycles. The molecular formula is C17H22ClN3O2. The molecule has 1 aliphatic rings. The highest BCUT2D eigenvalue weighted by Crippen LogP contribution is 2.28. The second-order valence-electron chi connectivity index (χ2n) is 6.03. The van der Waals surface area contributed by atoms with E-state index in [4.69, 9.17) is 21.2 Å². The zero-order valence-corrected chi connectivity index (χ0v) is 13.9. The number of nitrogens with zero attached hydrogens (tertiary/aromatic N) is 3. The molecule has 23 heavy (non-hydrogen) atoms. The van der Waals surface area contributed by atoms with Gasteiger partial charge in [-0.2, -0.15) is 4.98 Å². The summed E-state index contributed by atoms with van der Waals surface area (Å²) in [4.78, 5) is 7.00. The fourth-order valence-electron chi connectivity index (χ4n) is 3.02. The molecule has 6 heteroatoms. The fraction of sp³-hybridized carbons (Fsp3) is 0.529. The van der Waals surface area contributed by atoms with Crippen LogP contribution in [0.1, 0.15) is 37.5 Å². The van der Waals surface area contributed by atoms with Crippen LogP contribution in [0.15, 0.2) is 28.8 Å². The molecule has 1 N–H and O–H groups in total. The van der Waals surface area contributed by atoms with Crippen molar-refractivity contribution in [3.8, 4) is 11.4 Å². The molecule has 0 bridgehead atoms. The first-order valence-electron chi connectivity index (χ1n) is 8.19. The first-order valence-corrected chi connectivity index (χ1v) is 8.57. The minimum Gasteiger partial charge on any atom is -0.396 e. The molecule has 1 aromatic heterocycles. The largest absolute Gasteiger partial charge is 0.396 e. The van der Waals surface area contributed by atoms with Crippen LogP contribution in [0, 0.1) is 0 Å². The average Bonchev–Trinajstić information content (AvgIpc) is 3.06. The van der Waals surface area contributed by atoms with Gasteiger partial charge < -0.3 is 14.5 Å². The molecule has 2 heterocycles. The summed E-state index contributed by atoms with van der Waals surface area (Å²) in [6.07, 6.45) is 4.12. The number of unbranched alkanes of at least 4 members (excludes halogenated alkanes) is 1. The molecule has 0 saturated carbocycles. The molecule has 0 aliphatic carbocycles.